The Kier molecular flexibility index (Phi) is 10.1. The van der Waals surface area contributed by atoms with E-state index in [-0.39, 0.29) is 55.2 Å². The zero-order valence-corrected chi connectivity index (χ0v) is 21.2. The predicted octanol–water partition coefficient (Wildman–Crippen LogP) is 2.20. The molecule has 34 heavy (non-hydrogen) atoms. The zero-order chi connectivity index (χ0) is 25.4. The molecule has 0 saturated carbocycles. The molecule has 1 aromatic rings. The van der Waals surface area contributed by atoms with Crippen molar-refractivity contribution in [3.05, 3.63) is 23.8 Å². The highest BCUT2D eigenvalue weighted by molar-refractivity contribution is 5.98. The van der Waals surface area contributed by atoms with Crippen LogP contribution in [0.25, 0.3) is 0 Å². The van der Waals surface area contributed by atoms with Crippen molar-refractivity contribution in [3.8, 4) is 5.75 Å². The van der Waals surface area contributed by atoms with Crippen LogP contribution in [0.2, 0.25) is 0 Å². The summed E-state index contributed by atoms with van der Waals surface area (Å²) in [6.07, 6.45) is -0.275. The number of amides is 4. The van der Waals surface area contributed by atoms with Gasteiger partial charge in [-0.05, 0) is 32.9 Å². The second kappa shape index (κ2) is 12.6. The van der Waals surface area contributed by atoms with Gasteiger partial charge in [-0.25, -0.2) is 4.79 Å². The Bertz CT molecular complexity index is 862. The van der Waals surface area contributed by atoms with E-state index in [1.54, 1.807) is 42.2 Å². The van der Waals surface area contributed by atoms with Gasteiger partial charge in [0, 0.05) is 58.1 Å². The van der Waals surface area contributed by atoms with Crippen LogP contribution in [-0.2, 0) is 14.3 Å². The first kappa shape index (κ1) is 27.4. The topological polar surface area (TPSA) is 109 Å². The van der Waals surface area contributed by atoms with Crippen LogP contribution in [0.5, 0.6) is 5.75 Å². The standard InChI is InChI=1S/C24H38N4O6/c1-15(2)25-24(31)26-18-8-9-19-20(10-18)34-13-17(4)28(22(29)14-32-6)11-16(3)21(33-7)12-27(5)23(19)30/h8-10,15-17,21H,11-14H2,1-7H3,(H2,25,26,31)/t16-,17-,21-/m0/s1. The van der Waals surface area contributed by atoms with Gasteiger partial charge in [0.25, 0.3) is 5.91 Å². The molecule has 1 aliphatic rings. The summed E-state index contributed by atoms with van der Waals surface area (Å²) in [5.74, 6) is -0.0769. The van der Waals surface area contributed by atoms with Crippen LogP contribution in [0.3, 0.4) is 0 Å². The number of hydrogen-bond donors (Lipinski definition) is 2. The van der Waals surface area contributed by atoms with E-state index >= 15 is 0 Å². The maximum Gasteiger partial charge on any atom is 0.319 e. The van der Waals surface area contributed by atoms with Crippen molar-refractivity contribution in [1.82, 2.24) is 15.1 Å². The number of hydrogen-bond acceptors (Lipinski definition) is 6. The molecule has 1 heterocycles. The minimum Gasteiger partial charge on any atom is -0.491 e. The van der Waals surface area contributed by atoms with E-state index < -0.39 is 0 Å². The first-order valence-corrected chi connectivity index (χ1v) is 11.5. The molecule has 10 heteroatoms. The summed E-state index contributed by atoms with van der Waals surface area (Å²) in [5.41, 5.74) is 0.852. The van der Waals surface area contributed by atoms with Crippen molar-refractivity contribution in [2.75, 3.05) is 52.9 Å². The maximum absolute atomic E-state index is 13.2. The Labute approximate surface area is 201 Å². The zero-order valence-electron chi connectivity index (χ0n) is 21.2. The Hall–Kier alpha value is -2.85. The lowest BCUT2D eigenvalue weighted by Crippen LogP contribution is -2.49. The molecule has 10 nitrogen and oxygen atoms in total. The molecule has 0 bridgehead atoms. The van der Waals surface area contributed by atoms with E-state index in [1.165, 1.54) is 7.11 Å². The fraction of sp³-hybridized carbons (Fsp3) is 0.625. The molecule has 0 unspecified atom stereocenters. The maximum atomic E-state index is 13.2. The number of anilines is 1. The first-order chi connectivity index (χ1) is 16.1. The molecular formula is C24H38N4O6. The molecule has 0 spiro atoms. The molecule has 190 valence electrons. The molecule has 0 saturated heterocycles. The number of nitrogens with zero attached hydrogens (tertiary/aromatic N) is 2. The van der Waals surface area contributed by atoms with E-state index in [4.69, 9.17) is 14.2 Å². The van der Waals surface area contributed by atoms with Gasteiger partial charge in [-0.15, -0.1) is 0 Å². The molecule has 0 aliphatic carbocycles. The number of urea groups is 1. The summed E-state index contributed by atoms with van der Waals surface area (Å²) in [5, 5.41) is 5.52. The highest BCUT2D eigenvalue weighted by Crippen LogP contribution is 2.27. The van der Waals surface area contributed by atoms with Crippen LogP contribution >= 0.6 is 0 Å². The smallest absolute Gasteiger partial charge is 0.319 e. The van der Waals surface area contributed by atoms with Crippen molar-refractivity contribution in [1.29, 1.82) is 0 Å². The number of rotatable bonds is 5. The van der Waals surface area contributed by atoms with Crippen LogP contribution in [0.4, 0.5) is 10.5 Å². The third kappa shape index (κ3) is 7.33. The number of likely N-dealkylation sites (N-methyl/N-ethyl adjacent to an activating group) is 1. The number of fused-ring (bicyclic) bond motifs is 1. The van der Waals surface area contributed by atoms with E-state index in [9.17, 15) is 14.4 Å². The quantitative estimate of drug-likeness (QED) is 0.672. The number of benzene rings is 1. The molecular weight excluding hydrogens is 440 g/mol. The van der Waals surface area contributed by atoms with Crippen molar-refractivity contribution >= 4 is 23.5 Å². The second-order valence-corrected chi connectivity index (χ2v) is 9.04. The second-order valence-electron chi connectivity index (χ2n) is 9.04. The lowest BCUT2D eigenvalue weighted by Gasteiger charge is -2.36. The minimum atomic E-state index is -0.354. The lowest BCUT2D eigenvalue weighted by molar-refractivity contribution is -0.139. The number of nitrogens with one attached hydrogen (secondary N) is 2. The molecule has 0 radical (unpaired) electrons. The van der Waals surface area contributed by atoms with Crippen LogP contribution in [0, 0.1) is 5.92 Å². The molecule has 2 rings (SSSR count). The largest absolute Gasteiger partial charge is 0.491 e. The molecule has 0 aromatic heterocycles. The predicted molar refractivity (Wildman–Crippen MR) is 129 cm³/mol. The van der Waals surface area contributed by atoms with Gasteiger partial charge in [0.05, 0.1) is 17.7 Å². The number of carbonyl (C=O) groups is 3. The molecule has 0 fully saturated rings. The van der Waals surface area contributed by atoms with Crippen LogP contribution in [-0.4, -0.2) is 93.4 Å². The van der Waals surface area contributed by atoms with Gasteiger partial charge in [0.1, 0.15) is 19.0 Å². The highest BCUT2D eigenvalue weighted by Gasteiger charge is 2.30. The Morgan fingerprint density at radius 3 is 2.53 bits per heavy atom. The summed E-state index contributed by atoms with van der Waals surface area (Å²) < 4.78 is 16.8. The summed E-state index contributed by atoms with van der Waals surface area (Å²) >= 11 is 0. The Morgan fingerprint density at radius 2 is 1.91 bits per heavy atom. The third-order valence-corrected chi connectivity index (χ3v) is 5.71. The normalized spacial score (nSPS) is 21.8. The molecule has 2 N–H and O–H groups in total. The van der Waals surface area contributed by atoms with Gasteiger partial charge < -0.3 is 34.6 Å². The van der Waals surface area contributed by atoms with E-state index in [0.29, 0.717) is 30.1 Å². The van der Waals surface area contributed by atoms with Gasteiger partial charge >= 0.3 is 6.03 Å². The van der Waals surface area contributed by atoms with Crippen molar-refractivity contribution in [2.45, 2.75) is 45.9 Å². The molecule has 4 amide bonds. The average molecular weight is 479 g/mol. The number of carbonyl (C=O) groups excluding carboxylic acids is 3. The molecule has 1 aliphatic heterocycles. The van der Waals surface area contributed by atoms with Crippen LogP contribution in [0.15, 0.2) is 18.2 Å². The Balaban J connectivity index is 2.41. The SMILES string of the molecule is COCC(=O)N1C[C@H](C)[C@@H](OC)CN(C)C(=O)c2ccc(NC(=O)NC(C)C)cc2OC[C@@H]1C. The average Bonchev–Trinajstić information content (AvgIpc) is 2.77. The lowest BCUT2D eigenvalue weighted by atomic mass is 10.0. The molecule has 3 atom stereocenters. The van der Waals surface area contributed by atoms with Crippen molar-refractivity contribution < 1.29 is 28.6 Å². The Morgan fingerprint density at radius 1 is 1.21 bits per heavy atom. The number of ether oxygens (including phenoxy) is 3. The van der Waals surface area contributed by atoms with Gasteiger partial charge in [-0.1, -0.05) is 6.92 Å². The van der Waals surface area contributed by atoms with Crippen LogP contribution < -0.4 is 15.4 Å². The monoisotopic (exact) mass is 478 g/mol. The fourth-order valence-electron chi connectivity index (χ4n) is 3.83. The van der Waals surface area contributed by atoms with E-state index in [2.05, 4.69) is 10.6 Å². The summed E-state index contributed by atoms with van der Waals surface area (Å²) in [4.78, 5) is 41.5. The van der Waals surface area contributed by atoms with E-state index in [1.807, 2.05) is 27.7 Å². The van der Waals surface area contributed by atoms with Gasteiger partial charge in [0.2, 0.25) is 5.91 Å². The van der Waals surface area contributed by atoms with E-state index in [0.717, 1.165) is 0 Å². The van der Waals surface area contributed by atoms with Gasteiger partial charge in [0.15, 0.2) is 0 Å². The number of methoxy groups -OCH3 is 2. The summed E-state index contributed by atoms with van der Waals surface area (Å²) in [6.45, 7) is 8.50. The van der Waals surface area contributed by atoms with Crippen molar-refractivity contribution in [2.24, 2.45) is 5.92 Å². The summed E-state index contributed by atoms with van der Waals surface area (Å²) in [6, 6.07) is 4.25. The first-order valence-electron chi connectivity index (χ1n) is 11.5. The molecule has 1 aromatic carbocycles. The van der Waals surface area contributed by atoms with Gasteiger partial charge in [-0.2, -0.15) is 0 Å². The van der Waals surface area contributed by atoms with Crippen molar-refractivity contribution in [3.63, 3.8) is 0 Å². The van der Waals surface area contributed by atoms with Gasteiger partial charge in [-0.3, -0.25) is 9.59 Å². The highest BCUT2D eigenvalue weighted by atomic mass is 16.5. The van der Waals surface area contributed by atoms with Crippen LogP contribution in [0.1, 0.15) is 38.1 Å². The third-order valence-electron chi connectivity index (χ3n) is 5.71. The summed E-state index contributed by atoms with van der Waals surface area (Å²) in [7, 11) is 4.79. The minimum absolute atomic E-state index is 0.0247. The fourth-order valence-corrected chi connectivity index (χ4v) is 3.83.